The van der Waals surface area contributed by atoms with Crippen LogP contribution in [0.2, 0.25) is 5.02 Å². The van der Waals surface area contributed by atoms with E-state index in [0.717, 1.165) is 6.42 Å². The molecule has 0 radical (unpaired) electrons. The van der Waals surface area contributed by atoms with Gasteiger partial charge in [-0.3, -0.25) is 0 Å². The Kier molecular flexibility index (Phi) is 4.36. The Bertz CT molecular complexity index is 297. The fourth-order valence-electron chi connectivity index (χ4n) is 1.34. The largest absolute Gasteiger partial charge is 0.396 e. The first-order valence-corrected chi connectivity index (χ1v) is 5.10. The highest BCUT2D eigenvalue weighted by Gasteiger charge is 2.09. The van der Waals surface area contributed by atoms with Gasteiger partial charge in [0.05, 0.1) is 0 Å². The molecular weight excluding hydrogens is 203 g/mol. The first-order valence-electron chi connectivity index (χ1n) is 4.72. The van der Waals surface area contributed by atoms with Crippen LogP contribution < -0.4 is 0 Å². The predicted molar refractivity (Wildman–Crippen MR) is 56.0 cm³/mol. The minimum Gasteiger partial charge on any atom is -0.396 e. The van der Waals surface area contributed by atoms with E-state index in [4.69, 9.17) is 16.7 Å². The molecular formula is C11H14ClFO. The molecule has 1 aromatic carbocycles. The van der Waals surface area contributed by atoms with Crippen molar-refractivity contribution in [1.82, 2.24) is 0 Å². The summed E-state index contributed by atoms with van der Waals surface area (Å²) in [5, 5.41) is 9.39. The highest BCUT2D eigenvalue weighted by molar-refractivity contribution is 6.30. The summed E-state index contributed by atoms with van der Waals surface area (Å²) in [7, 11) is 0. The summed E-state index contributed by atoms with van der Waals surface area (Å²) in [6.45, 7) is 2.08. The van der Waals surface area contributed by atoms with E-state index in [2.05, 4.69) is 0 Å². The van der Waals surface area contributed by atoms with Crippen LogP contribution in [0.25, 0.3) is 0 Å². The zero-order valence-corrected chi connectivity index (χ0v) is 8.89. The molecule has 78 valence electrons. The highest BCUT2D eigenvalue weighted by atomic mass is 35.5. The lowest BCUT2D eigenvalue weighted by atomic mass is 9.97. The van der Waals surface area contributed by atoms with Crippen molar-refractivity contribution < 1.29 is 9.50 Å². The van der Waals surface area contributed by atoms with Crippen LogP contribution >= 0.6 is 11.6 Å². The van der Waals surface area contributed by atoms with Crippen LogP contribution in [0, 0.1) is 11.7 Å². The van der Waals surface area contributed by atoms with Gasteiger partial charge in [0.15, 0.2) is 0 Å². The second kappa shape index (κ2) is 5.32. The molecule has 0 amide bonds. The molecule has 1 unspecified atom stereocenters. The number of halogens is 2. The Morgan fingerprint density at radius 1 is 1.50 bits per heavy atom. The van der Waals surface area contributed by atoms with Crippen molar-refractivity contribution in [3.63, 3.8) is 0 Å². The molecule has 1 N–H and O–H groups in total. The normalized spacial score (nSPS) is 12.9. The summed E-state index contributed by atoms with van der Waals surface area (Å²) in [4.78, 5) is 0. The van der Waals surface area contributed by atoms with Crippen LogP contribution in [0.15, 0.2) is 18.2 Å². The average molecular weight is 217 g/mol. The molecule has 0 heterocycles. The zero-order valence-electron chi connectivity index (χ0n) is 8.13. The molecule has 1 atom stereocenters. The minimum absolute atomic E-state index is 0.0958. The van der Waals surface area contributed by atoms with Gasteiger partial charge in [-0.1, -0.05) is 31.0 Å². The molecule has 0 aliphatic carbocycles. The van der Waals surface area contributed by atoms with Gasteiger partial charge in [0.25, 0.3) is 0 Å². The van der Waals surface area contributed by atoms with Crippen molar-refractivity contribution in [3.8, 4) is 0 Å². The number of rotatable bonds is 4. The fraction of sp³-hybridized carbons (Fsp3) is 0.455. The van der Waals surface area contributed by atoms with E-state index in [1.165, 1.54) is 6.07 Å². The topological polar surface area (TPSA) is 20.2 Å². The lowest BCUT2D eigenvalue weighted by Crippen LogP contribution is -2.09. The molecule has 0 fully saturated rings. The van der Waals surface area contributed by atoms with E-state index in [9.17, 15) is 4.39 Å². The van der Waals surface area contributed by atoms with Gasteiger partial charge in [-0.25, -0.2) is 4.39 Å². The monoisotopic (exact) mass is 216 g/mol. The predicted octanol–water partition coefficient (Wildman–Crippen LogP) is 3.04. The maximum Gasteiger partial charge on any atom is 0.127 e. The minimum atomic E-state index is -0.288. The summed E-state index contributed by atoms with van der Waals surface area (Å²) >= 11 is 5.63. The van der Waals surface area contributed by atoms with Crippen molar-refractivity contribution in [3.05, 3.63) is 34.6 Å². The van der Waals surface area contributed by atoms with E-state index in [-0.39, 0.29) is 18.3 Å². The van der Waals surface area contributed by atoms with Crippen LogP contribution in [0.1, 0.15) is 18.9 Å². The van der Waals surface area contributed by atoms with Gasteiger partial charge < -0.3 is 5.11 Å². The molecule has 1 nitrogen and oxygen atoms in total. The quantitative estimate of drug-likeness (QED) is 0.820. The number of benzene rings is 1. The fourth-order valence-corrected chi connectivity index (χ4v) is 1.50. The Morgan fingerprint density at radius 2 is 2.21 bits per heavy atom. The molecule has 1 aromatic rings. The van der Waals surface area contributed by atoms with Gasteiger partial charge in [-0.2, -0.15) is 0 Å². The molecule has 3 heteroatoms. The van der Waals surface area contributed by atoms with E-state index in [1.807, 2.05) is 6.92 Å². The van der Waals surface area contributed by atoms with Crippen molar-refractivity contribution in [2.75, 3.05) is 6.61 Å². The number of aliphatic hydroxyl groups is 1. The van der Waals surface area contributed by atoms with E-state index in [0.29, 0.717) is 17.0 Å². The van der Waals surface area contributed by atoms with Gasteiger partial charge in [-0.15, -0.1) is 0 Å². The molecule has 0 aliphatic rings. The molecule has 0 bridgehead atoms. The standard InChI is InChI=1S/C11H14ClFO/c1-2-8(7-14)5-9-3-4-10(12)6-11(9)13/h3-4,6,8,14H,2,5,7H2,1H3. The van der Waals surface area contributed by atoms with Crippen LogP contribution in [0.5, 0.6) is 0 Å². The average Bonchev–Trinajstić information content (AvgIpc) is 2.17. The van der Waals surface area contributed by atoms with Gasteiger partial charge in [-0.05, 0) is 30.0 Å². The maximum atomic E-state index is 13.3. The highest BCUT2D eigenvalue weighted by Crippen LogP contribution is 2.18. The lowest BCUT2D eigenvalue weighted by molar-refractivity contribution is 0.221. The van der Waals surface area contributed by atoms with Crippen LogP contribution in [0.4, 0.5) is 4.39 Å². The Labute approximate surface area is 88.5 Å². The summed E-state index contributed by atoms with van der Waals surface area (Å²) in [6.07, 6.45) is 1.41. The zero-order chi connectivity index (χ0) is 10.6. The Hall–Kier alpha value is -0.600. The van der Waals surface area contributed by atoms with Crippen LogP contribution in [-0.4, -0.2) is 11.7 Å². The molecule has 1 rings (SSSR count). The lowest BCUT2D eigenvalue weighted by Gasteiger charge is -2.11. The molecule has 14 heavy (non-hydrogen) atoms. The third-order valence-corrected chi connectivity index (χ3v) is 2.59. The summed E-state index contributed by atoms with van der Waals surface area (Å²) < 4.78 is 13.3. The summed E-state index contributed by atoms with van der Waals surface area (Å²) in [6, 6.07) is 4.65. The molecule has 0 aliphatic heterocycles. The smallest absolute Gasteiger partial charge is 0.127 e. The first-order chi connectivity index (χ1) is 6.67. The van der Waals surface area contributed by atoms with E-state index >= 15 is 0 Å². The Morgan fingerprint density at radius 3 is 2.71 bits per heavy atom. The molecule has 0 saturated heterocycles. The molecule has 0 spiro atoms. The van der Waals surface area contributed by atoms with Gasteiger partial charge >= 0.3 is 0 Å². The van der Waals surface area contributed by atoms with E-state index < -0.39 is 0 Å². The van der Waals surface area contributed by atoms with Crippen molar-refractivity contribution in [2.45, 2.75) is 19.8 Å². The SMILES string of the molecule is CCC(CO)Cc1ccc(Cl)cc1F. The van der Waals surface area contributed by atoms with Crippen molar-refractivity contribution in [2.24, 2.45) is 5.92 Å². The second-order valence-electron chi connectivity index (χ2n) is 3.40. The summed E-state index contributed by atoms with van der Waals surface area (Å²) in [5.74, 6) is -0.157. The maximum absolute atomic E-state index is 13.3. The third-order valence-electron chi connectivity index (χ3n) is 2.36. The van der Waals surface area contributed by atoms with Gasteiger partial charge in [0.2, 0.25) is 0 Å². The number of hydrogen-bond acceptors (Lipinski definition) is 1. The number of hydrogen-bond donors (Lipinski definition) is 1. The van der Waals surface area contributed by atoms with Gasteiger partial charge in [0, 0.05) is 11.6 Å². The third kappa shape index (κ3) is 2.96. The van der Waals surface area contributed by atoms with E-state index in [1.54, 1.807) is 12.1 Å². The molecule has 0 aromatic heterocycles. The van der Waals surface area contributed by atoms with Crippen LogP contribution in [0.3, 0.4) is 0 Å². The Balaban J connectivity index is 2.76. The van der Waals surface area contributed by atoms with Crippen molar-refractivity contribution in [1.29, 1.82) is 0 Å². The van der Waals surface area contributed by atoms with Gasteiger partial charge in [0.1, 0.15) is 5.82 Å². The summed E-state index contributed by atoms with van der Waals surface area (Å²) in [5.41, 5.74) is 0.621. The van der Waals surface area contributed by atoms with Crippen LogP contribution in [-0.2, 0) is 6.42 Å². The first kappa shape index (κ1) is 11.5. The number of aliphatic hydroxyl groups excluding tert-OH is 1. The van der Waals surface area contributed by atoms with Crippen molar-refractivity contribution >= 4 is 11.6 Å². The molecule has 0 saturated carbocycles. The second-order valence-corrected chi connectivity index (χ2v) is 3.83.